The molecule has 0 bridgehead atoms. The van der Waals surface area contributed by atoms with E-state index >= 15 is 0 Å². The van der Waals surface area contributed by atoms with Crippen molar-refractivity contribution >= 4 is 0 Å². The molecule has 2 aliphatic carbocycles. The Hall–Kier alpha value is -1.18. The molecule has 0 aromatic heterocycles. The summed E-state index contributed by atoms with van der Waals surface area (Å²) in [5.74, 6) is 0.862. The summed E-state index contributed by atoms with van der Waals surface area (Å²) in [6.07, 6.45) is 2.12. The van der Waals surface area contributed by atoms with Crippen LogP contribution < -0.4 is 4.74 Å². The monoisotopic (exact) mass is 393 g/mol. The fourth-order valence-corrected chi connectivity index (χ4v) is 4.96. The van der Waals surface area contributed by atoms with Crippen LogP contribution in [0.5, 0.6) is 5.75 Å². The molecule has 0 heterocycles. The zero-order valence-corrected chi connectivity index (χ0v) is 16.8. The second-order valence-corrected chi connectivity index (χ2v) is 8.69. The molecular weight excluding hydrogens is 358 g/mol. The summed E-state index contributed by atoms with van der Waals surface area (Å²) < 4.78 is 5.71. The van der Waals surface area contributed by atoms with Crippen LogP contribution in [-0.2, 0) is 0 Å². The number of ether oxygens (including phenoxy) is 1. The number of aliphatic hydroxyl groups excluding tert-OH is 2. The van der Waals surface area contributed by atoms with Crippen molar-refractivity contribution in [3.63, 3.8) is 0 Å². The van der Waals surface area contributed by atoms with Crippen molar-refractivity contribution in [2.45, 2.75) is 68.4 Å². The van der Waals surface area contributed by atoms with E-state index in [1.165, 1.54) is 0 Å². The maximum absolute atomic E-state index is 11.1. The smallest absolute Gasteiger partial charge is 0.119 e. The van der Waals surface area contributed by atoms with E-state index in [0.717, 1.165) is 44.5 Å². The summed E-state index contributed by atoms with van der Waals surface area (Å²) in [6, 6.07) is 9.81. The number of nitrogens with zero attached hydrogens (tertiary/aromatic N) is 1. The van der Waals surface area contributed by atoms with Crippen LogP contribution in [0.2, 0.25) is 0 Å². The molecule has 1 aromatic carbocycles. The van der Waals surface area contributed by atoms with E-state index in [1.54, 1.807) is 0 Å². The third kappa shape index (κ3) is 4.69. The number of benzene rings is 1. The SMILES string of the molecule is CN(CCCOc1ccccc1)CCCC1CCC2(O)CC(O)C(O)CC12O. The maximum atomic E-state index is 11.1. The van der Waals surface area contributed by atoms with Gasteiger partial charge < -0.3 is 30.1 Å². The quantitative estimate of drug-likeness (QED) is 0.476. The normalized spacial score (nSPS) is 35.1. The molecule has 2 aliphatic rings. The molecule has 0 radical (unpaired) electrons. The van der Waals surface area contributed by atoms with Gasteiger partial charge in [0.05, 0.1) is 30.0 Å². The predicted octanol–water partition coefficient (Wildman–Crippen LogP) is 1.56. The standard InChI is InChI=1S/C22H35NO5/c1-23(13-6-14-28-18-8-3-2-4-9-18)12-5-7-17-10-11-21(26)15-19(24)20(25)16-22(17,21)27/h2-4,8-9,17,19-20,24-27H,5-7,10-16H2,1H3. The first kappa shape index (κ1) is 21.5. The molecule has 28 heavy (non-hydrogen) atoms. The molecule has 0 saturated heterocycles. The summed E-state index contributed by atoms with van der Waals surface area (Å²) in [5.41, 5.74) is -2.55. The van der Waals surface area contributed by atoms with Crippen LogP contribution in [0.4, 0.5) is 0 Å². The lowest BCUT2D eigenvalue weighted by molar-refractivity contribution is -0.220. The van der Waals surface area contributed by atoms with Crippen molar-refractivity contribution in [1.29, 1.82) is 0 Å². The number of hydrogen-bond donors (Lipinski definition) is 4. The van der Waals surface area contributed by atoms with Gasteiger partial charge in [0, 0.05) is 19.4 Å². The third-order valence-corrected chi connectivity index (χ3v) is 6.69. The van der Waals surface area contributed by atoms with Crippen LogP contribution in [0.1, 0.15) is 44.9 Å². The van der Waals surface area contributed by atoms with Crippen molar-refractivity contribution in [2.75, 3.05) is 26.7 Å². The van der Waals surface area contributed by atoms with Crippen molar-refractivity contribution in [2.24, 2.45) is 5.92 Å². The lowest BCUT2D eigenvalue weighted by atomic mass is 9.67. The van der Waals surface area contributed by atoms with E-state index in [9.17, 15) is 20.4 Å². The van der Waals surface area contributed by atoms with Gasteiger partial charge in [0.2, 0.25) is 0 Å². The van der Waals surface area contributed by atoms with Gasteiger partial charge in [-0.15, -0.1) is 0 Å². The van der Waals surface area contributed by atoms with Gasteiger partial charge in [-0.25, -0.2) is 0 Å². The fraction of sp³-hybridized carbons (Fsp3) is 0.727. The van der Waals surface area contributed by atoms with Gasteiger partial charge in [-0.1, -0.05) is 18.2 Å². The van der Waals surface area contributed by atoms with Crippen LogP contribution in [0.3, 0.4) is 0 Å². The summed E-state index contributed by atoms with van der Waals surface area (Å²) in [7, 11) is 2.09. The predicted molar refractivity (Wildman–Crippen MR) is 107 cm³/mol. The van der Waals surface area contributed by atoms with Gasteiger partial charge >= 0.3 is 0 Å². The first-order valence-electron chi connectivity index (χ1n) is 10.5. The van der Waals surface area contributed by atoms with E-state index in [1.807, 2.05) is 30.3 Å². The van der Waals surface area contributed by atoms with Crippen molar-refractivity contribution in [1.82, 2.24) is 4.90 Å². The Bertz CT molecular complexity index is 614. The number of fused-ring (bicyclic) bond motifs is 1. The minimum absolute atomic E-state index is 0.0329. The molecule has 0 spiro atoms. The van der Waals surface area contributed by atoms with Gasteiger partial charge in [0.25, 0.3) is 0 Å². The molecular formula is C22H35NO5. The summed E-state index contributed by atoms with van der Waals surface area (Å²) in [6.45, 7) is 2.54. The first-order chi connectivity index (χ1) is 13.3. The fourth-order valence-electron chi connectivity index (χ4n) is 4.96. The third-order valence-electron chi connectivity index (χ3n) is 6.69. The molecule has 5 unspecified atom stereocenters. The minimum Gasteiger partial charge on any atom is -0.494 e. The van der Waals surface area contributed by atoms with Gasteiger partial charge in [-0.3, -0.25) is 0 Å². The Balaban J connectivity index is 1.36. The van der Waals surface area contributed by atoms with E-state index in [0.29, 0.717) is 13.0 Å². The van der Waals surface area contributed by atoms with Gasteiger partial charge in [0.1, 0.15) is 5.75 Å². The van der Waals surface area contributed by atoms with Crippen molar-refractivity contribution < 1.29 is 25.2 Å². The number of aliphatic hydroxyl groups is 4. The molecule has 6 heteroatoms. The molecule has 158 valence electrons. The van der Waals surface area contributed by atoms with Crippen LogP contribution in [-0.4, -0.2) is 75.5 Å². The first-order valence-corrected chi connectivity index (χ1v) is 10.5. The molecule has 0 aliphatic heterocycles. The average molecular weight is 394 g/mol. The van der Waals surface area contributed by atoms with Gasteiger partial charge in [0.15, 0.2) is 0 Å². The Morgan fingerprint density at radius 3 is 2.46 bits per heavy atom. The number of rotatable bonds is 9. The number of para-hydroxylation sites is 1. The Morgan fingerprint density at radius 2 is 1.71 bits per heavy atom. The molecule has 2 saturated carbocycles. The van der Waals surface area contributed by atoms with Gasteiger partial charge in [-0.05, 0) is 63.7 Å². The van der Waals surface area contributed by atoms with Crippen molar-refractivity contribution in [3.05, 3.63) is 30.3 Å². The molecule has 6 nitrogen and oxygen atoms in total. The minimum atomic E-state index is -1.28. The second kappa shape index (κ2) is 9.09. The average Bonchev–Trinajstić information content (AvgIpc) is 2.91. The van der Waals surface area contributed by atoms with E-state index in [2.05, 4.69) is 11.9 Å². The highest BCUT2D eigenvalue weighted by Crippen LogP contribution is 2.53. The summed E-state index contributed by atoms with van der Waals surface area (Å²) in [4.78, 5) is 2.26. The highest BCUT2D eigenvalue weighted by atomic mass is 16.5. The molecule has 2 fully saturated rings. The highest BCUT2D eigenvalue weighted by molar-refractivity contribution is 5.20. The van der Waals surface area contributed by atoms with E-state index < -0.39 is 23.4 Å². The Labute approximate surface area is 167 Å². The van der Waals surface area contributed by atoms with Gasteiger partial charge in [-0.2, -0.15) is 0 Å². The molecule has 5 atom stereocenters. The molecule has 3 rings (SSSR count). The van der Waals surface area contributed by atoms with E-state index in [-0.39, 0.29) is 18.8 Å². The highest BCUT2D eigenvalue weighted by Gasteiger charge is 2.62. The second-order valence-electron chi connectivity index (χ2n) is 8.69. The lowest BCUT2D eigenvalue weighted by Crippen LogP contribution is -2.62. The summed E-state index contributed by atoms with van der Waals surface area (Å²) in [5, 5.41) is 41.8. The maximum Gasteiger partial charge on any atom is 0.119 e. The largest absolute Gasteiger partial charge is 0.494 e. The Morgan fingerprint density at radius 1 is 1.04 bits per heavy atom. The molecule has 0 amide bonds. The van der Waals surface area contributed by atoms with E-state index in [4.69, 9.17) is 4.74 Å². The molecule has 4 N–H and O–H groups in total. The van der Waals surface area contributed by atoms with Crippen LogP contribution in [0.25, 0.3) is 0 Å². The number of hydrogen-bond acceptors (Lipinski definition) is 6. The van der Waals surface area contributed by atoms with Crippen LogP contribution in [0, 0.1) is 5.92 Å². The van der Waals surface area contributed by atoms with Crippen LogP contribution >= 0.6 is 0 Å². The molecule has 1 aromatic rings. The zero-order chi connectivity index (χ0) is 20.2. The Kier molecular flexibility index (Phi) is 6.99. The zero-order valence-electron chi connectivity index (χ0n) is 16.8. The van der Waals surface area contributed by atoms with Crippen LogP contribution in [0.15, 0.2) is 30.3 Å². The lowest BCUT2D eigenvalue weighted by Gasteiger charge is -2.48. The van der Waals surface area contributed by atoms with Crippen molar-refractivity contribution in [3.8, 4) is 5.75 Å². The summed E-state index contributed by atoms with van der Waals surface area (Å²) >= 11 is 0. The topological polar surface area (TPSA) is 93.4 Å².